The van der Waals surface area contributed by atoms with Gasteiger partial charge in [0.05, 0.1) is 13.1 Å². The third-order valence-corrected chi connectivity index (χ3v) is 4.46. The van der Waals surface area contributed by atoms with Gasteiger partial charge in [0.1, 0.15) is 18.1 Å². The lowest BCUT2D eigenvalue weighted by Gasteiger charge is -2.13. The smallest absolute Gasteiger partial charge is 0.410 e. The summed E-state index contributed by atoms with van der Waals surface area (Å²) in [5.74, 6) is 0.744. The van der Waals surface area contributed by atoms with Gasteiger partial charge in [-0.3, -0.25) is 4.90 Å². The van der Waals surface area contributed by atoms with Crippen molar-refractivity contribution in [3.63, 3.8) is 0 Å². The Balaban J connectivity index is 1.62. The summed E-state index contributed by atoms with van der Waals surface area (Å²) in [5, 5.41) is 4.51. The van der Waals surface area contributed by atoms with Gasteiger partial charge in [0.15, 0.2) is 11.6 Å². The highest BCUT2D eigenvalue weighted by Crippen LogP contribution is 2.17. The number of benzene rings is 2. The Morgan fingerprint density at radius 3 is 2.56 bits per heavy atom. The Morgan fingerprint density at radius 1 is 1.04 bits per heavy atom. The molecule has 1 saturated heterocycles. The van der Waals surface area contributed by atoms with E-state index < -0.39 is 0 Å². The zero-order chi connectivity index (χ0) is 18.6. The van der Waals surface area contributed by atoms with Crippen LogP contribution in [0, 0.1) is 5.82 Å². The van der Waals surface area contributed by atoms with E-state index in [9.17, 15) is 9.18 Å². The van der Waals surface area contributed by atoms with E-state index in [4.69, 9.17) is 4.74 Å². The van der Waals surface area contributed by atoms with Crippen LogP contribution in [-0.2, 0) is 24.1 Å². The molecular weight excluding hydrogens is 347 g/mol. The molecule has 0 radical (unpaired) electrons. The first-order valence-electron chi connectivity index (χ1n) is 8.86. The fraction of sp³-hybridized carbons (Fsp3) is 0.250. The molecular formula is C20H19FN4O2. The lowest BCUT2D eigenvalue weighted by Crippen LogP contribution is -2.25. The predicted molar refractivity (Wildman–Crippen MR) is 96.9 cm³/mol. The number of carbonyl (C=O) groups excluding carboxylic acids is 1. The van der Waals surface area contributed by atoms with Gasteiger partial charge >= 0.3 is 6.09 Å². The van der Waals surface area contributed by atoms with E-state index in [1.807, 2.05) is 18.2 Å². The number of cyclic esters (lactones) is 1. The minimum atomic E-state index is -0.387. The Bertz CT molecular complexity index is 942. The molecule has 0 spiro atoms. The lowest BCUT2D eigenvalue weighted by atomic mass is 10.1. The fourth-order valence-corrected chi connectivity index (χ4v) is 3.06. The maximum Gasteiger partial charge on any atom is 0.410 e. The lowest BCUT2D eigenvalue weighted by molar-refractivity contribution is 0.156. The zero-order valence-electron chi connectivity index (χ0n) is 14.7. The van der Waals surface area contributed by atoms with Crippen LogP contribution in [0.3, 0.4) is 0 Å². The number of aryl methyl sites for hydroxylation is 2. The largest absolute Gasteiger partial charge is 0.448 e. The van der Waals surface area contributed by atoms with Crippen molar-refractivity contribution in [2.45, 2.75) is 19.4 Å². The number of carbonyl (C=O) groups is 1. The van der Waals surface area contributed by atoms with Crippen molar-refractivity contribution in [2.75, 3.05) is 13.2 Å². The Kier molecular flexibility index (Phi) is 4.82. The second-order valence-electron chi connectivity index (χ2n) is 6.33. The highest BCUT2D eigenvalue weighted by molar-refractivity contribution is 5.69. The molecule has 0 bridgehead atoms. The summed E-state index contributed by atoms with van der Waals surface area (Å²) < 4.78 is 20.8. The van der Waals surface area contributed by atoms with Crippen LogP contribution in [0.4, 0.5) is 9.18 Å². The van der Waals surface area contributed by atoms with Gasteiger partial charge in [0.25, 0.3) is 0 Å². The maximum absolute atomic E-state index is 14.3. The molecule has 1 aliphatic rings. The number of aromatic nitrogens is 3. The Hall–Kier alpha value is -3.22. The average Bonchev–Trinajstić information content (AvgIpc) is 3.28. The van der Waals surface area contributed by atoms with Crippen molar-refractivity contribution >= 4 is 6.09 Å². The second kappa shape index (κ2) is 7.57. The van der Waals surface area contributed by atoms with Crippen molar-refractivity contribution in [1.82, 2.24) is 19.7 Å². The molecule has 6 nitrogen and oxygen atoms in total. The third-order valence-electron chi connectivity index (χ3n) is 4.46. The van der Waals surface area contributed by atoms with E-state index in [0.717, 1.165) is 6.42 Å². The SMILES string of the molecule is O=C1OCCN1Cc1nc(CCc2ccccc2)nn1-c1ccccc1F. The molecule has 7 heteroatoms. The van der Waals surface area contributed by atoms with Gasteiger partial charge in [-0.2, -0.15) is 5.10 Å². The van der Waals surface area contributed by atoms with Crippen LogP contribution < -0.4 is 0 Å². The molecule has 0 aliphatic carbocycles. The number of rotatable bonds is 6. The molecule has 1 fully saturated rings. The molecule has 2 heterocycles. The van der Waals surface area contributed by atoms with E-state index in [2.05, 4.69) is 22.2 Å². The number of halogens is 1. The molecule has 1 aliphatic heterocycles. The van der Waals surface area contributed by atoms with Crippen molar-refractivity contribution < 1.29 is 13.9 Å². The fourth-order valence-electron chi connectivity index (χ4n) is 3.06. The highest BCUT2D eigenvalue weighted by Gasteiger charge is 2.25. The van der Waals surface area contributed by atoms with Gasteiger partial charge < -0.3 is 4.74 Å². The first kappa shape index (κ1) is 17.2. The number of nitrogens with zero attached hydrogens (tertiary/aromatic N) is 4. The van der Waals surface area contributed by atoms with E-state index in [1.165, 1.54) is 16.3 Å². The summed E-state index contributed by atoms with van der Waals surface area (Å²) in [6.45, 7) is 1.07. The molecule has 1 aromatic heterocycles. The summed E-state index contributed by atoms with van der Waals surface area (Å²) in [5.41, 5.74) is 1.50. The molecule has 2 aromatic carbocycles. The maximum atomic E-state index is 14.3. The minimum Gasteiger partial charge on any atom is -0.448 e. The summed E-state index contributed by atoms with van der Waals surface area (Å²) in [4.78, 5) is 17.9. The average molecular weight is 366 g/mol. The normalized spacial score (nSPS) is 13.8. The summed E-state index contributed by atoms with van der Waals surface area (Å²) >= 11 is 0. The van der Waals surface area contributed by atoms with Crippen molar-refractivity contribution in [1.29, 1.82) is 0 Å². The van der Waals surface area contributed by atoms with Crippen molar-refractivity contribution in [2.24, 2.45) is 0 Å². The van der Waals surface area contributed by atoms with E-state index in [0.29, 0.717) is 36.9 Å². The minimum absolute atomic E-state index is 0.228. The molecule has 3 aromatic rings. The topological polar surface area (TPSA) is 60.2 Å². The molecule has 1 amide bonds. The van der Waals surface area contributed by atoms with Crippen molar-refractivity contribution in [3.05, 3.63) is 77.6 Å². The highest BCUT2D eigenvalue weighted by atomic mass is 19.1. The van der Waals surface area contributed by atoms with Gasteiger partial charge in [0, 0.05) is 6.42 Å². The molecule has 4 rings (SSSR count). The molecule has 27 heavy (non-hydrogen) atoms. The number of amides is 1. The Labute approximate surface area is 156 Å². The van der Waals surface area contributed by atoms with Gasteiger partial charge in [-0.1, -0.05) is 42.5 Å². The Morgan fingerprint density at radius 2 is 1.81 bits per heavy atom. The summed E-state index contributed by atoms with van der Waals surface area (Å²) in [6.07, 6.45) is 1.03. The third kappa shape index (κ3) is 3.81. The molecule has 0 atom stereocenters. The zero-order valence-corrected chi connectivity index (χ0v) is 14.7. The molecule has 0 unspecified atom stereocenters. The van der Waals surface area contributed by atoms with E-state index in [-0.39, 0.29) is 18.5 Å². The van der Waals surface area contributed by atoms with Crippen LogP contribution >= 0.6 is 0 Å². The predicted octanol–water partition coefficient (Wildman–Crippen LogP) is 3.14. The summed E-state index contributed by atoms with van der Waals surface area (Å²) in [6, 6.07) is 16.5. The van der Waals surface area contributed by atoms with Crippen LogP contribution in [0.2, 0.25) is 0 Å². The number of hydrogen-bond donors (Lipinski definition) is 0. The second-order valence-corrected chi connectivity index (χ2v) is 6.33. The monoisotopic (exact) mass is 366 g/mol. The quantitative estimate of drug-likeness (QED) is 0.672. The standard InChI is InChI=1S/C20H19FN4O2/c21-16-8-4-5-9-17(16)25-19(14-24-12-13-27-20(24)26)22-18(23-25)11-10-15-6-2-1-3-7-15/h1-9H,10-14H2. The first-order valence-corrected chi connectivity index (χ1v) is 8.86. The van der Waals surface area contributed by atoms with Gasteiger partial charge in [-0.05, 0) is 24.1 Å². The van der Waals surface area contributed by atoms with Crippen LogP contribution in [0.5, 0.6) is 0 Å². The number of para-hydroxylation sites is 1. The number of hydrogen-bond acceptors (Lipinski definition) is 4. The summed E-state index contributed by atoms with van der Waals surface area (Å²) in [7, 11) is 0. The van der Waals surface area contributed by atoms with Gasteiger partial charge in [0.2, 0.25) is 0 Å². The van der Waals surface area contributed by atoms with Gasteiger partial charge in [-0.15, -0.1) is 0 Å². The van der Waals surface area contributed by atoms with Crippen LogP contribution in [0.15, 0.2) is 54.6 Å². The molecule has 0 N–H and O–H groups in total. The van der Waals surface area contributed by atoms with E-state index >= 15 is 0 Å². The van der Waals surface area contributed by atoms with Crippen LogP contribution in [0.25, 0.3) is 5.69 Å². The van der Waals surface area contributed by atoms with Crippen molar-refractivity contribution in [3.8, 4) is 5.69 Å². The first-order chi connectivity index (χ1) is 13.2. The van der Waals surface area contributed by atoms with Gasteiger partial charge in [-0.25, -0.2) is 18.9 Å². The molecule has 0 saturated carbocycles. The van der Waals surface area contributed by atoms with E-state index in [1.54, 1.807) is 23.1 Å². The van der Waals surface area contributed by atoms with Crippen LogP contribution in [-0.4, -0.2) is 38.9 Å². The van der Waals surface area contributed by atoms with Crippen LogP contribution in [0.1, 0.15) is 17.2 Å². The molecule has 138 valence electrons. The number of ether oxygens (including phenoxy) is 1.